The molecule has 0 saturated heterocycles. The van der Waals surface area contributed by atoms with Gasteiger partial charge in [0, 0.05) is 0 Å². The standard InChI is InChI=1S/C10H11F3N2O2/c1-5-6-3-2-4-7(17-10(11,12)13)8(6)9(16)15-14-5/h7H,2-4H2,1H3,(H,15,16). The second-order valence-corrected chi connectivity index (χ2v) is 3.97. The number of rotatable bonds is 1. The molecule has 1 N–H and O–H groups in total. The number of aromatic nitrogens is 2. The molecule has 1 heterocycles. The van der Waals surface area contributed by atoms with Crippen LogP contribution in [0.1, 0.15) is 35.8 Å². The van der Waals surface area contributed by atoms with Crippen LogP contribution in [0.3, 0.4) is 0 Å². The van der Waals surface area contributed by atoms with Crippen LogP contribution in [0.2, 0.25) is 0 Å². The van der Waals surface area contributed by atoms with Crippen LogP contribution in [0, 0.1) is 6.92 Å². The monoisotopic (exact) mass is 248 g/mol. The Kier molecular flexibility index (Phi) is 2.94. The third kappa shape index (κ3) is 2.49. The number of aryl methyl sites for hydroxylation is 1. The molecule has 1 atom stereocenters. The Balaban J connectivity index is 2.44. The van der Waals surface area contributed by atoms with Gasteiger partial charge >= 0.3 is 6.36 Å². The third-order valence-electron chi connectivity index (χ3n) is 2.82. The van der Waals surface area contributed by atoms with Crippen molar-refractivity contribution in [2.75, 3.05) is 0 Å². The summed E-state index contributed by atoms with van der Waals surface area (Å²) in [6, 6.07) is 0. The van der Waals surface area contributed by atoms with Crippen LogP contribution in [0.5, 0.6) is 0 Å². The highest BCUT2D eigenvalue weighted by Gasteiger charge is 2.37. The van der Waals surface area contributed by atoms with E-state index < -0.39 is 18.0 Å². The molecule has 1 aromatic rings. The molecule has 94 valence electrons. The summed E-state index contributed by atoms with van der Waals surface area (Å²) >= 11 is 0. The number of H-pyrrole nitrogens is 1. The molecule has 1 aliphatic carbocycles. The summed E-state index contributed by atoms with van der Waals surface area (Å²) < 4.78 is 40.6. The number of fused-ring (bicyclic) bond motifs is 1. The van der Waals surface area contributed by atoms with E-state index in [1.165, 1.54) is 0 Å². The van der Waals surface area contributed by atoms with Crippen LogP contribution in [-0.4, -0.2) is 16.6 Å². The van der Waals surface area contributed by atoms with Crippen molar-refractivity contribution in [3.05, 3.63) is 27.2 Å². The van der Waals surface area contributed by atoms with E-state index in [0.29, 0.717) is 24.1 Å². The van der Waals surface area contributed by atoms with E-state index in [4.69, 9.17) is 0 Å². The average Bonchev–Trinajstić information content (AvgIpc) is 2.21. The summed E-state index contributed by atoms with van der Waals surface area (Å²) in [4.78, 5) is 11.5. The molecule has 4 nitrogen and oxygen atoms in total. The number of aromatic amines is 1. The second-order valence-electron chi connectivity index (χ2n) is 3.97. The van der Waals surface area contributed by atoms with Gasteiger partial charge in [-0.05, 0) is 31.7 Å². The van der Waals surface area contributed by atoms with Crippen molar-refractivity contribution >= 4 is 0 Å². The van der Waals surface area contributed by atoms with Gasteiger partial charge in [-0.2, -0.15) is 5.10 Å². The molecule has 1 unspecified atom stereocenters. The molecule has 0 radical (unpaired) electrons. The molecule has 7 heteroatoms. The minimum absolute atomic E-state index is 0.0704. The molecule has 2 rings (SSSR count). The Labute approximate surface area is 94.8 Å². The van der Waals surface area contributed by atoms with Gasteiger partial charge in [0.05, 0.1) is 17.4 Å². The first kappa shape index (κ1) is 12.1. The molecular formula is C10H11F3N2O2. The van der Waals surface area contributed by atoms with Gasteiger partial charge < -0.3 is 0 Å². The zero-order valence-corrected chi connectivity index (χ0v) is 9.10. The molecule has 0 amide bonds. The maximum absolute atomic E-state index is 12.2. The largest absolute Gasteiger partial charge is 0.523 e. The lowest BCUT2D eigenvalue weighted by molar-refractivity contribution is -0.346. The molecule has 0 aromatic carbocycles. The summed E-state index contributed by atoms with van der Waals surface area (Å²) in [7, 11) is 0. The van der Waals surface area contributed by atoms with Crippen molar-refractivity contribution in [3.63, 3.8) is 0 Å². The Morgan fingerprint density at radius 3 is 2.82 bits per heavy atom. The van der Waals surface area contributed by atoms with Gasteiger partial charge in [-0.25, -0.2) is 5.10 Å². The third-order valence-corrected chi connectivity index (χ3v) is 2.82. The first-order chi connectivity index (χ1) is 7.88. The van der Waals surface area contributed by atoms with E-state index in [9.17, 15) is 18.0 Å². The minimum atomic E-state index is -4.73. The maximum atomic E-state index is 12.2. The fraction of sp³-hybridized carbons (Fsp3) is 0.600. The van der Waals surface area contributed by atoms with Gasteiger partial charge in [-0.3, -0.25) is 9.53 Å². The van der Waals surface area contributed by atoms with Gasteiger partial charge in [0.15, 0.2) is 0 Å². The van der Waals surface area contributed by atoms with E-state index in [1.54, 1.807) is 6.92 Å². The second kappa shape index (κ2) is 4.14. The fourth-order valence-electron chi connectivity index (χ4n) is 2.14. The summed E-state index contributed by atoms with van der Waals surface area (Å²) in [6.07, 6.45) is -4.64. The topological polar surface area (TPSA) is 55.0 Å². The lowest BCUT2D eigenvalue weighted by atomic mass is 9.90. The van der Waals surface area contributed by atoms with Crippen molar-refractivity contribution in [1.29, 1.82) is 0 Å². The predicted molar refractivity (Wildman–Crippen MR) is 52.4 cm³/mol. The van der Waals surface area contributed by atoms with Gasteiger partial charge in [-0.15, -0.1) is 13.2 Å². The lowest BCUT2D eigenvalue weighted by Crippen LogP contribution is -2.29. The van der Waals surface area contributed by atoms with Crippen molar-refractivity contribution in [3.8, 4) is 0 Å². The highest BCUT2D eigenvalue weighted by Crippen LogP contribution is 2.35. The quantitative estimate of drug-likeness (QED) is 0.826. The SMILES string of the molecule is Cc1n[nH]c(=O)c2c1CCCC2OC(F)(F)F. The maximum Gasteiger partial charge on any atom is 0.523 e. The van der Waals surface area contributed by atoms with E-state index in [-0.39, 0.29) is 12.0 Å². The lowest BCUT2D eigenvalue weighted by Gasteiger charge is -2.25. The molecule has 0 spiro atoms. The van der Waals surface area contributed by atoms with Crippen molar-refractivity contribution in [2.24, 2.45) is 0 Å². The van der Waals surface area contributed by atoms with Gasteiger partial charge in [0.2, 0.25) is 0 Å². The van der Waals surface area contributed by atoms with Gasteiger partial charge in [0.1, 0.15) is 0 Å². The van der Waals surface area contributed by atoms with E-state index in [0.717, 1.165) is 0 Å². The smallest absolute Gasteiger partial charge is 0.284 e. The Hall–Kier alpha value is -1.37. The number of halogens is 3. The van der Waals surface area contributed by atoms with Gasteiger partial charge in [0.25, 0.3) is 5.56 Å². The molecule has 0 aliphatic heterocycles. The van der Waals surface area contributed by atoms with E-state index >= 15 is 0 Å². The summed E-state index contributed by atoms with van der Waals surface area (Å²) in [5, 5.41) is 5.94. The van der Waals surface area contributed by atoms with E-state index in [1.807, 2.05) is 0 Å². The fourth-order valence-corrected chi connectivity index (χ4v) is 2.14. The Morgan fingerprint density at radius 1 is 1.47 bits per heavy atom. The number of nitrogens with one attached hydrogen (secondary N) is 1. The highest BCUT2D eigenvalue weighted by atomic mass is 19.4. The number of nitrogens with zero attached hydrogens (tertiary/aromatic N) is 1. The molecule has 0 bridgehead atoms. The molecule has 1 aromatic heterocycles. The zero-order chi connectivity index (χ0) is 12.6. The minimum Gasteiger partial charge on any atom is -0.284 e. The Bertz CT molecular complexity index is 481. The van der Waals surface area contributed by atoms with Crippen molar-refractivity contribution < 1.29 is 17.9 Å². The van der Waals surface area contributed by atoms with Crippen molar-refractivity contribution in [1.82, 2.24) is 10.2 Å². The molecule has 0 saturated carbocycles. The number of alkyl halides is 3. The van der Waals surface area contributed by atoms with E-state index in [2.05, 4.69) is 14.9 Å². The van der Waals surface area contributed by atoms with Gasteiger partial charge in [-0.1, -0.05) is 0 Å². The first-order valence-corrected chi connectivity index (χ1v) is 5.21. The van der Waals surface area contributed by atoms with Crippen LogP contribution in [-0.2, 0) is 11.2 Å². The predicted octanol–water partition coefficient (Wildman–Crippen LogP) is 1.99. The van der Waals surface area contributed by atoms with Crippen LogP contribution in [0.15, 0.2) is 4.79 Å². The number of ether oxygens (including phenoxy) is 1. The molecule has 17 heavy (non-hydrogen) atoms. The molecular weight excluding hydrogens is 237 g/mol. The zero-order valence-electron chi connectivity index (χ0n) is 9.10. The van der Waals surface area contributed by atoms with Crippen LogP contribution in [0.25, 0.3) is 0 Å². The molecule has 0 fully saturated rings. The first-order valence-electron chi connectivity index (χ1n) is 5.21. The number of hydrogen-bond acceptors (Lipinski definition) is 3. The molecule has 1 aliphatic rings. The van der Waals surface area contributed by atoms with Crippen LogP contribution in [0.4, 0.5) is 13.2 Å². The summed E-state index contributed by atoms with van der Waals surface area (Å²) in [5.41, 5.74) is 0.602. The number of hydrogen-bond donors (Lipinski definition) is 1. The van der Waals surface area contributed by atoms with Crippen LogP contribution >= 0.6 is 0 Å². The summed E-state index contributed by atoms with van der Waals surface area (Å²) in [5.74, 6) is 0. The van der Waals surface area contributed by atoms with Crippen molar-refractivity contribution in [2.45, 2.75) is 38.7 Å². The average molecular weight is 248 g/mol. The highest BCUT2D eigenvalue weighted by molar-refractivity contribution is 5.31. The van der Waals surface area contributed by atoms with Crippen LogP contribution < -0.4 is 5.56 Å². The Morgan fingerprint density at radius 2 is 2.18 bits per heavy atom. The summed E-state index contributed by atoms with van der Waals surface area (Å²) in [6.45, 7) is 1.66. The normalized spacial score (nSPS) is 20.1.